The Bertz CT molecular complexity index is 1430. The van der Waals surface area contributed by atoms with E-state index in [2.05, 4.69) is 48.8 Å². The number of nitrogens with one attached hydrogen (secondary N) is 2. The van der Waals surface area contributed by atoms with Crippen molar-refractivity contribution in [2.24, 2.45) is 0 Å². The summed E-state index contributed by atoms with van der Waals surface area (Å²) in [5.41, 5.74) is 5.66. The predicted octanol–water partition coefficient (Wildman–Crippen LogP) is 3.72. The number of carbonyl (C=O) groups is 2. The molecule has 4 aromatic rings. The third-order valence-electron chi connectivity index (χ3n) is 6.13. The number of rotatable bonds is 9. The van der Waals surface area contributed by atoms with Gasteiger partial charge in [-0.3, -0.25) is 14.5 Å². The van der Waals surface area contributed by atoms with Crippen LogP contribution in [-0.2, 0) is 24.3 Å². The van der Waals surface area contributed by atoms with Gasteiger partial charge in [-0.15, -0.1) is 10.2 Å². The summed E-state index contributed by atoms with van der Waals surface area (Å²) in [6, 6.07) is 7.76. The van der Waals surface area contributed by atoms with E-state index in [-0.39, 0.29) is 5.91 Å². The lowest BCUT2D eigenvalue weighted by molar-refractivity contribution is -0.192. The number of aromatic amines is 1. The molecule has 0 radical (unpaired) electrons. The smallest absolute Gasteiger partial charge is 0.475 e. The molecule has 4 aromatic heterocycles. The summed E-state index contributed by atoms with van der Waals surface area (Å²) >= 11 is 0. The van der Waals surface area contributed by atoms with E-state index in [1.807, 2.05) is 18.2 Å². The molecule has 0 atom stereocenters. The molecule has 1 fully saturated rings. The molecule has 11 nitrogen and oxygen atoms in total. The largest absolute Gasteiger partial charge is 0.490 e. The maximum absolute atomic E-state index is 12.3. The van der Waals surface area contributed by atoms with E-state index < -0.39 is 12.1 Å². The summed E-state index contributed by atoms with van der Waals surface area (Å²) in [5.74, 6) is -2.33. The van der Waals surface area contributed by atoms with Gasteiger partial charge in [0.05, 0.1) is 24.1 Å². The number of carbonyl (C=O) groups excluding carboxylic acids is 1. The molecule has 0 saturated heterocycles. The Kier molecular flexibility index (Phi) is 8.52. The van der Waals surface area contributed by atoms with Gasteiger partial charge in [-0.1, -0.05) is 11.3 Å². The molecule has 39 heavy (non-hydrogen) atoms. The Morgan fingerprint density at radius 3 is 2.59 bits per heavy atom. The van der Waals surface area contributed by atoms with Gasteiger partial charge in [0, 0.05) is 23.8 Å². The van der Waals surface area contributed by atoms with Crippen molar-refractivity contribution in [1.82, 2.24) is 40.5 Å². The van der Waals surface area contributed by atoms with Gasteiger partial charge in [0.2, 0.25) is 0 Å². The van der Waals surface area contributed by atoms with E-state index in [4.69, 9.17) is 9.90 Å². The summed E-state index contributed by atoms with van der Waals surface area (Å²) in [5, 5.41) is 28.0. The van der Waals surface area contributed by atoms with Crippen LogP contribution in [0.5, 0.6) is 0 Å². The molecule has 14 heteroatoms. The van der Waals surface area contributed by atoms with Crippen molar-refractivity contribution in [1.29, 1.82) is 0 Å². The Labute approximate surface area is 220 Å². The summed E-state index contributed by atoms with van der Waals surface area (Å²) in [4.78, 5) is 28.8. The molecule has 1 aliphatic carbocycles. The number of unbranched alkanes of at least 4 members (excludes halogenated alkanes) is 1. The molecule has 5 rings (SSSR count). The predicted molar refractivity (Wildman–Crippen MR) is 133 cm³/mol. The summed E-state index contributed by atoms with van der Waals surface area (Å²) in [7, 11) is 0. The number of fused-ring (bicyclic) bond motifs is 1. The minimum Gasteiger partial charge on any atom is -0.475 e. The fraction of sp³-hybridized carbons (Fsp3) is 0.400. The highest BCUT2D eigenvalue weighted by atomic mass is 19.4. The van der Waals surface area contributed by atoms with Crippen LogP contribution in [-0.4, -0.2) is 58.3 Å². The number of amides is 1. The van der Waals surface area contributed by atoms with E-state index in [1.165, 1.54) is 29.5 Å². The molecular weight excluding hydrogens is 517 g/mol. The van der Waals surface area contributed by atoms with Crippen molar-refractivity contribution in [2.45, 2.75) is 64.2 Å². The molecule has 0 bridgehead atoms. The number of aromatic nitrogens is 7. The van der Waals surface area contributed by atoms with Gasteiger partial charge < -0.3 is 15.4 Å². The Morgan fingerprint density at radius 2 is 1.92 bits per heavy atom. The number of alkyl halides is 3. The molecule has 3 N–H and O–H groups in total. The zero-order valence-electron chi connectivity index (χ0n) is 21.1. The summed E-state index contributed by atoms with van der Waals surface area (Å²) in [6.45, 7) is 3.23. The first-order chi connectivity index (χ1) is 18.6. The number of pyridine rings is 1. The van der Waals surface area contributed by atoms with E-state index in [1.54, 1.807) is 17.1 Å². The lowest BCUT2D eigenvalue weighted by Crippen LogP contribution is -2.23. The lowest BCUT2D eigenvalue weighted by Gasteiger charge is -2.02. The number of H-pyrrole nitrogens is 1. The maximum Gasteiger partial charge on any atom is 0.490 e. The number of aryl methyl sites for hydroxylation is 3. The van der Waals surface area contributed by atoms with E-state index in [0.29, 0.717) is 24.7 Å². The van der Waals surface area contributed by atoms with E-state index >= 15 is 0 Å². The first-order valence-electron chi connectivity index (χ1n) is 12.3. The SMILES string of the molecule is Cc1c(C2CC2)[nH]c2nnc(CCCCn3cc(C(=O)NCc4ccccn4)nn3)cc12.O=C(O)C(F)(F)F. The fourth-order valence-electron chi connectivity index (χ4n) is 3.93. The van der Waals surface area contributed by atoms with E-state index in [0.717, 1.165) is 36.3 Å². The van der Waals surface area contributed by atoms with Gasteiger partial charge in [-0.25, -0.2) is 4.79 Å². The second-order valence-electron chi connectivity index (χ2n) is 9.17. The number of aliphatic carboxylic acids is 1. The molecule has 0 aromatic carbocycles. The van der Waals surface area contributed by atoms with Crippen LogP contribution in [0.4, 0.5) is 13.2 Å². The van der Waals surface area contributed by atoms with Crippen LogP contribution in [0.1, 0.15) is 64.7 Å². The number of carboxylic acid groups (broad SMARTS) is 1. The van der Waals surface area contributed by atoms with Crippen molar-refractivity contribution in [3.8, 4) is 0 Å². The molecule has 0 aliphatic heterocycles. The van der Waals surface area contributed by atoms with Crippen LogP contribution in [0.3, 0.4) is 0 Å². The highest BCUT2D eigenvalue weighted by Crippen LogP contribution is 2.42. The average Bonchev–Trinajstić information content (AvgIpc) is 3.56. The van der Waals surface area contributed by atoms with Crippen LogP contribution < -0.4 is 5.32 Å². The molecule has 206 valence electrons. The third kappa shape index (κ3) is 7.58. The number of nitrogens with zero attached hydrogens (tertiary/aromatic N) is 6. The molecule has 4 heterocycles. The minimum absolute atomic E-state index is 0.252. The number of hydrogen-bond acceptors (Lipinski definition) is 7. The Hall–Kier alpha value is -4.36. The van der Waals surface area contributed by atoms with Gasteiger partial charge in [-0.05, 0) is 68.7 Å². The van der Waals surface area contributed by atoms with Crippen molar-refractivity contribution in [2.75, 3.05) is 0 Å². The van der Waals surface area contributed by atoms with Crippen LogP contribution in [0, 0.1) is 6.92 Å². The van der Waals surface area contributed by atoms with Crippen molar-refractivity contribution in [3.63, 3.8) is 0 Å². The third-order valence-corrected chi connectivity index (χ3v) is 6.13. The standard InChI is InChI=1S/C23H26N8O.C2HF3O2/c1-15-19-12-17(27-29-22(19)26-21(15)16-8-9-16)6-3-5-11-31-14-20(28-30-31)23(32)25-13-18-7-2-4-10-24-18;3-2(4,5)1(6)7/h2,4,7,10,12,14,16H,3,5-6,8-9,11,13H2,1H3,(H,25,32)(H,26,29);(H,6,7). The van der Waals surface area contributed by atoms with Crippen LogP contribution >= 0.6 is 0 Å². The first-order valence-corrected chi connectivity index (χ1v) is 12.3. The molecule has 1 aliphatic rings. The molecule has 0 unspecified atom stereocenters. The molecule has 1 amide bonds. The quantitative estimate of drug-likeness (QED) is 0.270. The fourth-order valence-corrected chi connectivity index (χ4v) is 3.93. The zero-order valence-corrected chi connectivity index (χ0v) is 21.1. The molecule has 0 spiro atoms. The highest BCUT2D eigenvalue weighted by Gasteiger charge is 2.38. The Morgan fingerprint density at radius 1 is 1.15 bits per heavy atom. The first kappa shape index (κ1) is 27.7. The van der Waals surface area contributed by atoms with Crippen LogP contribution in [0.25, 0.3) is 11.0 Å². The van der Waals surface area contributed by atoms with E-state index in [9.17, 15) is 18.0 Å². The number of hydrogen-bond donors (Lipinski definition) is 3. The van der Waals surface area contributed by atoms with Crippen molar-refractivity contribution in [3.05, 3.63) is 65.0 Å². The van der Waals surface area contributed by atoms with Gasteiger partial charge >= 0.3 is 12.1 Å². The van der Waals surface area contributed by atoms with Gasteiger partial charge in [-0.2, -0.15) is 18.3 Å². The van der Waals surface area contributed by atoms with Gasteiger partial charge in [0.1, 0.15) is 0 Å². The van der Waals surface area contributed by atoms with Crippen LogP contribution in [0.15, 0.2) is 36.7 Å². The number of halogens is 3. The monoisotopic (exact) mass is 544 g/mol. The highest BCUT2D eigenvalue weighted by molar-refractivity contribution is 5.91. The normalized spacial score (nSPS) is 13.1. The second kappa shape index (κ2) is 12.0. The minimum atomic E-state index is -5.08. The molecule has 1 saturated carbocycles. The summed E-state index contributed by atoms with van der Waals surface area (Å²) in [6.07, 6.45) is 3.57. The Balaban J connectivity index is 0.000000448. The van der Waals surface area contributed by atoms with Crippen LogP contribution in [0.2, 0.25) is 0 Å². The topological polar surface area (TPSA) is 152 Å². The second-order valence-corrected chi connectivity index (χ2v) is 9.17. The van der Waals surface area contributed by atoms with Crippen molar-refractivity contribution >= 4 is 22.9 Å². The average molecular weight is 545 g/mol. The van der Waals surface area contributed by atoms with Gasteiger partial charge in [0.15, 0.2) is 11.3 Å². The lowest BCUT2D eigenvalue weighted by atomic mass is 10.1. The molecular formula is C25H27F3N8O3. The maximum atomic E-state index is 12.3. The summed E-state index contributed by atoms with van der Waals surface area (Å²) < 4.78 is 33.4. The van der Waals surface area contributed by atoms with Gasteiger partial charge in [0.25, 0.3) is 5.91 Å². The van der Waals surface area contributed by atoms with Crippen molar-refractivity contribution < 1.29 is 27.9 Å². The number of carboxylic acids is 1. The zero-order chi connectivity index (χ0) is 28.0.